The molecule has 2 rings (SSSR count). The van der Waals surface area contributed by atoms with E-state index in [1.807, 2.05) is 0 Å². The molecule has 0 bridgehead atoms. The second-order valence-corrected chi connectivity index (χ2v) is 9.89. The second kappa shape index (κ2) is 10.8. The van der Waals surface area contributed by atoms with Crippen LogP contribution in [0.3, 0.4) is 0 Å². The molecule has 0 spiro atoms. The highest BCUT2D eigenvalue weighted by molar-refractivity contribution is 7.57. The molecule has 27 heavy (non-hydrogen) atoms. The van der Waals surface area contributed by atoms with Crippen molar-refractivity contribution < 1.29 is 14.3 Å². The Labute approximate surface area is 165 Å². The van der Waals surface area contributed by atoms with Gasteiger partial charge in [0.2, 0.25) is 7.57 Å². The summed E-state index contributed by atoms with van der Waals surface area (Å²) in [5.74, 6) is 0.300. The highest BCUT2D eigenvalue weighted by Crippen LogP contribution is 2.42. The topological polar surface area (TPSA) is 75.7 Å². The summed E-state index contributed by atoms with van der Waals surface area (Å²) in [4.78, 5) is 18.8. The monoisotopic (exact) mass is 395 g/mol. The van der Waals surface area contributed by atoms with Crippen molar-refractivity contribution in [2.24, 2.45) is 11.7 Å². The fourth-order valence-electron chi connectivity index (χ4n) is 4.12. The zero-order chi connectivity index (χ0) is 19.8. The van der Waals surface area contributed by atoms with Gasteiger partial charge in [-0.05, 0) is 55.4 Å². The largest absolute Gasteiger partial charge is 0.333 e. The number of benzene rings is 1. The molecule has 0 heterocycles. The van der Waals surface area contributed by atoms with Gasteiger partial charge in [0.15, 0.2) is 0 Å². The van der Waals surface area contributed by atoms with Crippen molar-refractivity contribution in [3.05, 3.63) is 35.4 Å². The Morgan fingerprint density at radius 2 is 1.74 bits per heavy atom. The van der Waals surface area contributed by atoms with E-state index in [-0.39, 0.29) is 6.61 Å². The molecule has 1 aromatic rings. The molecule has 1 aromatic carbocycles. The molecule has 0 amide bonds. The molecule has 1 aliphatic carbocycles. The summed E-state index contributed by atoms with van der Waals surface area (Å²) in [7, 11) is -3.48. The summed E-state index contributed by atoms with van der Waals surface area (Å²) in [5.41, 5.74) is 8.76. The molecular weight excluding hydrogens is 357 g/mol. The number of rotatable bonds is 12. The zero-order valence-corrected chi connectivity index (χ0v) is 17.8. The van der Waals surface area contributed by atoms with Crippen molar-refractivity contribution in [1.29, 1.82) is 0 Å². The molecular formula is C22H38NO3P. The second-order valence-electron chi connectivity index (χ2n) is 8.30. The first-order valence-corrected chi connectivity index (χ1v) is 12.3. The highest BCUT2D eigenvalue weighted by atomic mass is 31.2. The van der Waals surface area contributed by atoms with E-state index in [2.05, 4.69) is 37.5 Å². The van der Waals surface area contributed by atoms with Crippen LogP contribution >= 0.6 is 7.57 Å². The van der Waals surface area contributed by atoms with E-state index < -0.39 is 13.1 Å². The number of unbranched alkanes of at least 4 members (excludes halogenated alkanes) is 5. The Morgan fingerprint density at radius 3 is 2.41 bits per heavy atom. The molecule has 0 aliphatic heterocycles. The van der Waals surface area contributed by atoms with Gasteiger partial charge in [-0.25, -0.2) is 0 Å². The molecule has 4 N–H and O–H groups in total. The van der Waals surface area contributed by atoms with Crippen LogP contribution in [0.4, 0.5) is 0 Å². The molecule has 0 saturated heterocycles. The maximum atomic E-state index is 9.41. The minimum atomic E-state index is -3.48. The molecule has 4 nitrogen and oxygen atoms in total. The first kappa shape index (κ1) is 22.6. The molecule has 0 radical (unpaired) electrons. The van der Waals surface area contributed by atoms with Crippen molar-refractivity contribution >= 4 is 13.9 Å². The van der Waals surface area contributed by atoms with Gasteiger partial charge >= 0.3 is 0 Å². The molecule has 2 atom stereocenters. The molecule has 1 aliphatic rings. The number of hydrogen-bond donors (Lipinski definition) is 3. The van der Waals surface area contributed by atoms with Crippen LogP contribution in [0.25, 0.3) is 0 Å². The van der Waals surface area contributed by atoms with Crippen LogP contribution in [-0.4, -0.2) is 28.2 Å². The van der Waals surface area contributed by atoms with E-state index >= 15 is 0 Å². The Hall–Kier alpha value is -0.640. The van der Waals surface area contributed by atoms with Gasteiger partial charge in [0.1, 0.15) is 0 Å². The summed E-state index contributed by atoms with van der Waals surface area (Å²) < 4.78 is 5.17. The fraction of sp³-hybridized carbons (Fsp3) is 0.682. The van der Waals surface area contributed by atoms with Gasteiger partial charge in [0.25, 0.3) is 0 Å². The van der Waals surface area contributed by atoms with E-state index in [0.29, 0.717) is 5.92 Å². The van der Waals surface area contributed by atoms with Gasteiger partial charge in [-0.1, -0.05) is 69.7 Å². The van der Waals surface area contributed by atoms with E-state index in [0.717, 1.165) is 32.1 Å². The Balaban J connectivity index is 1.80. The fourth-order valence-corrected chi connectivity index (χ4v) is 4.57. The number of aryl methyl sites for hydroxylation is 1. The summed E-state index contributed by atoms with van der Waals surface area (Å²) in [5, 5.41) is 0. The lowest BCUT2D eigenvalue weighted by Gasteiger charge is -2.32. The van der Waals surface area contributed by atoms with Crippen LogP contribution in [0, 0.1) is 5.92 Å². The van der Waals surface area contributed by atoms with E-state index in [1.54, 1.807) is 0 Å². The van der Waals surface area contributed by atoms with Gasteiger partial charge in [0.05, 0.1) is 6.61 Å². The standard InChI is InChI=1S/C22H38NO3P/c1-3-4-5-6-7-8-10-19-12-14-20(15-13-19)17-21-11-9-16-22(21,23)18-26-27(2,24)25/h12-15,21,24-25H,2-11,16-18,23H2,1H3. The maximum Gasteiger partial charge on any atom is 0.245 e. The zero-order valence-electron chi connectivity index (χ0n) is 16.9. The van der Waals surface area contributed by atoms with Gasteiger partial charge in [-0.3, -0.25) is 0 Å². The molecule has 2 unspecified atom stereocenters. The van der Waals surface area contributed by atoms with Crippen LogP contribution in [0.1, 0.15) is 75.8 Å². The van der Waals surface area contributed by atoms with Crippen molar-refractivity contribution in [2.45, 2.75) is 83.1 Å². The lowest BCUT2D eigenvalue weighted by Crippen LogP contribution is -2.48. The van der Waals surface area contributed by atoms with Crippen molar-refractivity contribution in [3.8, 4) is 0 Å². The van der Waals surface area contributed by atoms with Crippen LogP contribution in [0.5, 0.6) is 0 Å². The Bertz CT molecular complexity index is 598. The first-order valence-electron chi connectivity index (χ1n) is 10.5. The third-order valence-corrected chi connectivity index (χ3v) is 6.41. The number of nitrogens with two attached hydrogens (primary N) is 1. The van der Waals surface area contributed by atoms with Crippen molar-refractivity contribution in [1.82, 2.24) is 0 Å². The normalized spacial score (nSPS) is 23.0. The summed E-state index contributed by atoms with van der Waals surface area (Å²) in [6.45, 7) is 2.42. The predicted molar refractivity (Wildman–Crippen MR) is 116 cm³/mol. The molecule has 1 fully saturated rings. The average Bonchev–Trinajstić information content (AvgIpc) is 2.98. The van der Waals surface area contributed by atoms with Gasteiger partial charge in [-0.15, -0.1) is 0 Å². The SMILES string of the molecule is C=P(O)(O)OCC1(N)CCCC1Cc1ccc(CCCCCCCC)cc1. The van der Waals surface area contributed by atoms with Crippen LogP contribution in [0.2, 0.25) is 0 Å². The Morgan fingerprint density at radius 1 is 1.11 bits per heavy atom. The summed E-state index contributed by atoms with van der Waals surface area (Å²) in [6, 6.07) is 8.95. The highest BCUT2D eigenvalue weighted by Gasteiger charge is 2.40. The third-order valence-electron chi connectivity index (χ3n) is 5.87. The van der Waals surface area contributed by atoms with E-state index in [4.69, 9.17) is 10.3 Å². The first-order chi connectivity index (χ1) is 12.8. The molecule has 5 heteroatoms. The van der Waals surface area contributed by atoms with Crippen LogP contribution < -0.4 is 5.73 Å². The summed E-state index contributed by atoms with van der Waals surface area (Å²) in [6.07, 6.45) is 16.3. The lowest BCUT2D eigenvalue weighted by atomic mass is 9.84. The van der Waals surface area contributed by atoms with E-state index in [1.165, 1.54) is 49.7 Å². The minimum Gasteiger partial charge on any atom is -0.333 e. The van der Waals surface area contributed by atoms with Crippen LogP contribution in [-0.2, 0) is 17.4 Å². The molecule has 0 aromatic heterocycles. The predicted octanol–water partition coefficient (Wildman–Crippen LogP) is 4.83. The quantitative estimate of drug-likeness (QED) is 0.350. The van der Waals surface area contributed by atoms with Gasteiger partial charge < -0.3 is 20.0 Å². The van der Waals surface area contributed by atoms with Crippen LogP contribution in [0.15, 0.2) is 24.3 Å². The summed E-state index contributed by atoms with van der Waals surface area (Å²) >= 11 is 0. The maximum absolute atomic E-state index is 9.41. The molecule has 154 valence electrons. The average molecular weight is 396 g/mol. The molecule has 1 saturated carbocycles. The van der Waals surface area contributed by atoms with Crippen molar-refractivity contribution in [2.75, 3.05) is 6.61 Å². The van der Waals surface area contributed by atoms with Gasteiger partial charge in [0, 0.05) is 5.54 Å². The van der Waals surface area contributed by atoms with Gasteiger partial charge in [-0.2, -0.15) is 0 Å². The number of hydrogen-bond acceptors (Lipinski definition) is 4. The minimum absolute atomic E-state index is 0.165. The third kappa shape index (κ3) is 8.09. The van der Waals surface area contributed by atoms with Crippen molar-refractivity contribution in [3.63, 3.8) is 0 Å². The smallest absolute Gasteiger partial charge is 0.245 e. The van der Waals surface area contributed by atoms with E-state index in [9.17, 15) is 9.79 Å². The Kier molecular flexibility index (Phi) is 9.04. The lowest BCUT2D eigenvalue weighted by molar-refractivity contribution is 0.156.